The van der Waals surface area contributed by atoms with E-state index in [9.17, 15) is 51.1 Å². The smallest absolute Gasteiger partial charge is 0.187 e. The van der Waals surface area contributed by atoms with E-state index in [1.165, 1.54) is 0 Å². The number of aliphatic hydroxyl groups is 10. The molecule has 3 heterocycles. The van der Waals surface area contributed by atoms with Gasteiger partial charge in [0.15, 0.2) is 18.9 Å². The maximum Gasteiger partial charge on any atom is 0.187 e. The summed E-state index contributed by atoms with van der Waals surface area (Å²) in [5.41, 5.74) is -2.17. The van der Waals surface area contributed by atoms with Gasteiger partial charge >= 0.3 is 0 Å². The van der Waals surface area contributed by atoms with Gasteiger partial charge in [0.05, 0.1) is 25.4 Å². The molecule has 16 nitrogen and oxygen atoms in total. The molecule has 0 saturated carbocycles. The third-order valence-electron chi connectivity index (χ3n) is 9.29. The Morgan fingerprint density at radius 3 is 1.16 bits per heavy atom. The Morgan fingerprint density at radius 2 is 0.795 bits per heavy atom. The predicted molar refractivity (Wildman–Crippen MR) is 147 cm³/mol. The summed E-state index contributed by atoms with van der Waals surface area (Å²) in [4.78, 5) is 0. The first-order chi connectivity index (χ1) is 20.2. The molecule has 0 aromatic carbocycles. The van der Waals surface area contributed by atoms with Crippen molar-refractivity contribution in [3.8, 4) is 0 Å². The second kappa shape index (κ2) is 14.2. The van der Waals surface area contributed by atoms with Crippen molar-refractivity contribution in [1.82, 2.24) is 0 Å². The van der Waals surface area contributed by atoms with Gasteiger partial charge in [0.25, 0.3) is 0 Å². The van der Waals surface area contributed by atoms with Crippen LogP contribution < -0.4 is 0 Å². The Labute approximate surface area is 256 Å². The van der Waals surface area contributed by atoms with Gasteiger partial charge in [-0.05, 0) is 17.8 Å². The fourth-order valence-corrected chi connectivity index (χ4v) is 5.82. The first-order valence-electron chi connectivity index (χ1n) is 14.8. The Hall–Kier alpha value is -0.640. The molecule has 0 amide bonds. The Bertz CT molecular complexity index is 891. The van der Waals surface area contributed by atoms with E-state index in [0.717, 1.165) is 0 Å². The molecule has 3 fully saturated rings. The third-order valence-corrected chi connectivity index (χ3v) is 9.29. The van der Waals surface area contributed by atoms with Gasteiger partial charge in [-0.3, -0.25) is 0 Å². The van der Waals surface area contributed by atoms with Crippen LogP contribution in [0.15, 0.2) is 0 Å². The summed E-state index contributed by atoms with van der Waals surface area (Å²) in [5.74, 6) is 0. The summed E-state index contributed by atoms with van der Waals surface area (Å²) in [6.07, 6.45) is -24.8. The van der Waals surface area contributed by atoms with Gasteiger partial charge in [-0.15, -0.1) is 0 Å². The van der Waals surface area contributed by atoms with Gasteiger partial charge in [-0.25, -0.2) is 0 Å². The molecule has 0 bridgehead atoms. The summed E-state index contributed by atoms with van der Waals surface area (Å²) in [6, 6.07) is 0. The highest BCUT2D eigenvalue weighted by atomic mass is 16.8. The lowest BCUT2D eigenvalue weighted by atomic mass is 9.63. The van der Waals surface area contributed by atoms with Crippen LogP contribution in [0.4, 0.5) is 0 Å². The number of hydrogen-bond donors (Lipinski definition) is 10. The molecule has 3 aliphatic rings. The molecule has 11 unspecified atom stereocenters. The Morgan fingerprint density at radius 1 is 0.455 bits per heavy atom. The molecule has 16 heteroatoms. The summed E-state index contributed by atoms with van der Waals surface area (Å²) in [7, 11) is 0. The highest BCUT2D eigenvalue weighted by molar-refractivity contribution is 5.01. The summed E-state index contributed by atoms with van der Waals surface area (Å²) < 4.78 is 35.7. The van der Waals surface area contributed by atoms with Crippen LogP contribution in [0.25, 0.3) is 0 Å². The molecular weight excluding hydrogens is 592 g/mol. The molecule has 0 aromatic rings. The molecule has 10 N–H and O–H groups in total. The van der Waals surface area contributed by atoms with Gasteiger partial charge in [-0.2, -0.15) is 0 Å². The molecule has 3 aliphatic heterocycles. The van der Waals surface area contributed by atoms with Gasteiger partial charge < -0.3 is 79.5 Å². The van der Waals surface area contributed by atoms with Crippen molar-refractivity contribution < 1.29 is 79.5 Å². The summed E-state index contributed by atoms with van der Waals surface area (Å²) >= 11 is 0. The molecule has 15 atom stereocenters. The minimum Gasteiger partial charge on any atom is -0.394 e. The van der Waals surface area contributed by atoms with E-state index in [4.69, 9.17) is 28.4 Å². The van der Waals surface area contributed by atoms with Crippen LogP contribution in [0.1, 0.15) is 48.5 Å². The van der Waals surface area contributed by atoms with Crippen LogP contribution >= 0.6 is 0 Å². The number of rotatable bonds is 9. The SMILES string of the molecule is CC(C)(C)C(C)(OC1OC(CO)C(O)C(OC2OC(CO)C(O)C(O)C2O)C1OC1O[C@H](CO)[C@@H](O)[C@H](O)[C@@H]1O)C(C)(C)C. The minimum absolute atomic E-state index is 0.569. The lowest BCUT2D eigenvalue weighted by molar-refractivity contribution is -0.407. The third kappa shape index (κ3) is 7.26. The maximum absolute atomic E-state index is 11.3. The first kappa shape index (κ1) is 37.8. The largest absolute Gasteiger partial charge is 0.394 e. The van der Waals surface area contributed by atoms with E-state index < -0.39 is 128 Å². The fraction of sp³-hybridized carbons (Fsp3) is 1.00. The summed E-state index contributed by atoms with van der Waals surface area (Å²) in [6.45, 7) is 11.1. The van der Waals surface area contributed by atoms with E-state index >= 15 is 0 Å². The van der Waals surface area contributed by atoms with E-state index in [1.807, 2.05) is 48.5 Å². The average Bonchev–Trinajstić information content (AvgIpc) is 2.94. The highest BCUT2D eigenvalue weighted by Crippen LogP contribution is 2.48. The van der Waals surface area contributed by atoms with Crippen molar-refractivity contribution in [1.29, 1.82) is 0 Å². The highest BCUT2D eigenvalue weighted by Gasteiger charge is 2.58. The van der Waals surface area contributed by atoms with Crippen molar-refractivity contribution >= 4 is 0 Å². The number of ether oxygens (including phenoxy) is 6. The maximum atomic E-state index is 11.3. The quantitative estimate of drug-likeness (QED) is 0.116. The van der Waals surface area contributed by atoms with E-state index in [0.29, 0.717) is 0 Å². The van der Waals surface area contributed by atoms with E-state index in [1.54, 1.807) is 0 Å². The zero-order chi connectivity index (χ0) is 33.5. The van der Waals surface area contributed by atoms with Gasteiger partial charge in [0.1, 0.15) is 73.2 Å². The molecule has 3 rings (SSSR count). The molecule has 0 aliphatic carbocycles. The van der Waals surface area contributed by atoms with Crippen LogP contribution in [-0.4, -0.2) is 169 Å². The van der Waals surface area contributed by atoms with Crippen molar-refractivity contribution in [3.05, 3.63) is 0 Å². The van der Waals surface area contributed by atoms with Crippen LogP contribution in [-0.2, 0) is 28.4 Å². The van der Waals surface area contributed by atoms with Gasteiger partial charge in [0, 0.05) is 0 Å². The van der Waals surface area contributed by atoms with Gasteiger partial charge in [-0.1, -0.05) is 41.5 Å². The van der Waals surface area contributed by atoms with Crippen LogP contribution in [0, 0.1) is 10.8 Å². The van der Waals surface area contributed by atoms with Crippen LogP contribution in [0.3, 0.4) is 0 Å². The van der Waals surface area contributed by atoms with Crippen molar-refractivity contribution in [2.24, 2.45) is 10.8 Å². The monoisotopic (exact) mass is 644 g/mol. The van der Waals surface area contributed by atoms with E-state index in [-0.39, 0.29) is 0 Å². The van der Waals surface area contributed by atoms with E-state index in [2.05, 4.69) is 0 Å². The molecule has 0 spiro atoms. The molecule has 0 aromatic heterocycles. The minimum atomic E-state index is -1.88. The Balaban J connectivity index is 2.08. The molecular formula is C28H52O16. The first-order valence-corrected chi connectivity index (χ1v) is 14.8. The lowest BCUT2D eigenvalue weighted by Gasteiger charge is -2.55. The zero-order valence-corrected chi connectivity index (χ0v) is 26.2. The van der Waals surface area contributed by atoms with Crippen molar-refractivity contribution in [2.75, 3.05) is 19.8 Å². The van der Waals surface area contributed by atoms with Gasteiger partial charge in [0.2, 0.25) is 0 Å². The van der Waals surface area contributed by atoms with Crippen molar-refractivity contribution in [3.63, 3.8) is 0 Å². The standard InChI is InChI=1S/C28H52O16/c1-26(2,3)28(7,27(4,5)6)44-25-22(43-24-20(38)18(36)15(33)12(9-30)40-24)21(16(34)13(10-31)41-25)42-23-19(37)17(35)14(32)11(8-29)39-23/h11-25,29-38H,8-10H2,1-7H3/t11?,12-,13?,14?,15-,16?,17?,18+,19?,20+,21?,22?,23?,24?,25?/m1/s1. The second-order valence-corrected chi connectivity index (χ2v) is 14.0. The zero-order valence-electron chi connectivity index (χ0n) is 26.2. The second-order valence-electron chi connectivity index (χ2n) is 14.0. The normalized spacial score (nSPS) is 44.5. The number of hydrogen-bond acceptors (Lipinski definition) is 16. The Kier molecular flexibility index (Phi) is 12.2. The predicted octanol–water partition coefficient (Wildman–Crippen LogP) is -3.70. The molecule has 3 saturated heterocycles. The fourth-order valence-electron chi connectivity index (χ4n) is 5.82. The lowest BCUT2D eigenvalue weighted by Crippen LogP contribution is -2.68. The molecule has 0 radical (unpaired) electrons. The van der Waals surface area contributed by atoms with Crippen LogP contribution in [0.5, 0.6) is 0 Å². The van der Waals surface area contributed by atoms with Crippen LogP contribution in [0.2, 0.25) is 0 Å². The summed E-state index contributed by atoms with van der Waals surface area (Å²) in [5, 5.41) is 103. The average molecular weight is 645 g/mol. The number of aliphatic hydroxyl groups excluding tert-OH is 10. The van der Waals surface area contributed by atoms with Crippen molar-refractivity contribution in [2.45, 2.75) is 146 Å². The molecule has 44 heavy (non-hydrogen) atoms. The topological polar surface area (TPSA) is 258 Å². The molecule has 260 valence electrons.